The molecule has 0 rings (SSSR count). The Morgan fingerprint density at radius 3 is 2.05 bits per heavy atom. The van der Waals surface area contributed by atoms with Crippen molar-refractivity contribution in [1.82, 2.24) is 0 Å². The van der Waals surface area contributed by atoms with Crippen molar-refractivity contribution in [2.45, 2.75) is 40.0 Å². The molecule has 0 N–H and O–H groups in total. The highest BCUT2D eigenvalue weighted by Gasteiger charge is 2.47. The maximum Gasteiger partial charge on any atom is 0.324 e. The Hall–Kier alpha value is -1.94. The van der Waals surface area contributed by atoms with Crippen LogP contribution >= 0.6 is 0 Å². The van der Waals surface area contributed by atoms with Crippen molar-refractivity contribution in [2.24, 2.45) is 5.41 Å². The average Bonchev–Trinajstić information content (AvgIpc) is 2.40. The van der Waals surface area contributed by atoms with Gasteiger partial charge in [0.05, 0.1) is 13.2 Å². The molecule has 0 fully saturated rings. The fourth-order valence-electron chi connectivity index (χ4n) is 1.58. The van der Waals surface area contributed by atoms with Crippen LogP contribution in [-0.2, 0) is 19.1 Å². The van der Waals surface area contributed by atoms with E-state index in [1.165, 1.54) is 0 Å². The molecule has 0 bridgehead atoms. The lowest BCUT2D eigenvalue weighted by Crippen LogP contribution is -2.42. The van der Waals surface area contributed by atoms with Crippen molar-refractivity contribution < 1.29 is 19.1 Å². The minimum Gasteiger partial charge on any atom is -0.465 e. The topological polar surface area (TPSA) is 52.6 Å². The molecule has 0 spiro atoms. The highest BCUT2D eigenvalue weighted by atomic mass is 16.6. The van der Waals surface area contributed by atoms with E-state index in [4.69, 9.17) is 15.9 Å². The van der Waals surface area contributed by atoms with Gasteiger partial charge in [-0.3, -0.25) is 9.59 Å². The van der Waals surface area contributed by atoms with E-state index in [-0.39, 0.29) is 32.5 Å². The van der Waals surface area contributed by atoms with Gasteiger partial charge in [0.2, 0.25) is 0 Å². The van der Waals surface area contributed by atoms with Gasteiger partial charge in [0.1, 0.15) is 0 Å². The number of rotatable bonds is 7. The summed E-state index contributed by atoms with van der Waals surface area (Å²) in [6.45, 7) is 5.38. The smallest absolute Gasteiger partial charge is 0.324 e. The van der Waals surface area contributed by atoms with Crippen LogP contribution in [0.1, 0.15) is 40.0 Å². The summed E-state index contributed by atoms with van der Waals surface area (Å²) in [5.41, 5.74) is -1.42. The molecule has 0 aromatic heterocycles. The summed E-state index contributed by atoms with van der Waals surface area (Å²) in [6, 6.07) is 0. The molecule has 0 saturated heterocycles. The minimum absolute atomic E-state index is 0.0584. The molecule has 0 aromatic rings. The van der Waals surface area contributed by atoms with Crippen LogP contribution in [-0.4, -0.2) is 25.2 Å². The first-order chi connectivity index (χ1) is 9.08. The lowest BCUT2D eigenvalue weighted by Gasteiger charge is -2.26. The van der Waals surface area contributed by atoms with Gasteiger partial charge < -0.3 is 9.47 Å². The van der Waals surface area contributed by atoms with Gasteiger partial charge in [-0.2, -0.15) is 0 Å². The fraction of sp³-hybridized carbons (Fsp3) is 0.600. The van der Waals surface area contributed by atoms with Gasteiger partial charge in [-0.25, -0.2) is 0 Å². The molecule has 0 amide bonds. The van der Waals surface area contributed by atoms with Crippen molar-refractivity contribution in [1.29, 1.82) is 0 Å². The summed E-state index contributed by atoms with van der Waals surface area (Å²) in [5.74, 6) is 6.62. The van der Waals surface area contributed by atoms with Crippen molar-refractivity contribution >= 4 is 11.9 Å². The van der Waals surface area contributed by atoms with Crippen molar-refractivity contribution in [3.05, 3.63) is 0 Å². The number of carbonyl (C=O) groups is 2. The molecule has 104 valence electrons. The lowest BCUT2D eigenvalue weighted by atomic mass is 9.80. The number of terminal acetylenes is 1. The molecule has 0 aromatic carbocycles. The Morgan fingerprint density at radius 1 is 1.16 bits per heavy atom. The van der Waals surface area contributed by atoms with E-state index in [2.05, 4.69) is 17.8 Å². The van der Waals surface area contributed by atoms with Crippen LogP contribution in [0.4, 0.5) is 0 Å². The van der Waals surface area contributed by atoms with E-state index < -0.39 is 17.4 Å². The number of hydrogen-bond donors (Lipinski definition) is 0. The quantitative estimate of drug-likeness (QED) is 0.400. The Morgan fingerprint density at radius 2 is 1.68 bits per heavy atom. The molecule has 4 heteroatoms. The summed E-state index contributed by atoms with van der Waals surface area (Å²) < 4.78 is 9.99. The second-order valence-corrected chi connectivity index (χ2v) is 3.83. The normalized spacial score (nSPS) is 9.79. The van der Waals surface area contributed by atoms with E-state index in [0.717, 1.165) is 0 Å². The molecule has 0 atom stereocenters. The van der Waals surface area contributed by atoms with Gasteiger partial charge in [0, 0.05) is 12.8 Å². The maximum absolute atomic E-state index is 12.1. The third-order valence-electron chi connectivity index (χ3n) is 2.60. The molecule has 0 aliphatic heterocycles. The second-order valence-electron chi connectivity index (χ2n) is 3.83. The fourth-order valence-corrected chi connectivity index (χ4v) is 1.58. The van der Waals surface area contributed by atoms with Crippen LogP contribution in [0.25, 0.3) is 0 Å². The van der Waals surface area contributed by atoms with E-state index in [9.17, 15) is 9.59 Å². The monoisotopic (exact) mass is 264 g/mol. The standard InChI is InChI=1S/C15H20O4/c1-5-9-11-15(12-10-6-2,13(16)18-7-3)14(17)19-8-4/h1H,7-9,11-12H2,2-4H3. The molecule has 0 unspecified atom stereocenters. The molecular formula is C15H20O4. The predicted molar refractivity (Wildman–Crippen MR) is 71.8 cm³/mol. The van der Waals surface area contributed by atoms with Gasteiger partial charge in [0.25, 0.3) is 0 Å². The Bertz CT molecular complexity index is 388. The molecule has 19 heavy (non-hydrogen) atoms. The Labute approximate surface area is 114 Å². The van der Waals surface area contributed by atoms with Gasteiger partial charge >= 0.3 is 11.9 Å². The minimum atomic E-state index is -1.42. The van der Waals surface area contributed by atoms with Crippen LogP contribution in [0.3, 0.4) is 0 Å². The van der Waals surface area contributed by atoms with Crippen LogP contribution in [0.5, 0.6) is 0 Å². The average molecular weight is 264 g/mol. The lowest BCUT2D eigenvalue weighted by molar-refractivity contribution is -0.172. The first-order valence-electron chi connectivity index (χ1n) is 6.26. The first-order valence-corrected chi connectivity index (χ1v) is 6.26. The molecule has 0 saturated carbocycles. The van der Waals surface area contributed by atoms with Crippen LogP contribution < -0.4 is 0 Å². The number of hydrogen-bond acceptors (Lipinski definition) is 4. The van der Waals surface area contributed by atoms with E-state index in [1.807, 2.05) is 0 Å². The highest BCUT2D eigenvalue weighted by molar-refractivity contribution is 6.00. The highest BCUT2D eigenvalue weighted by Crippen LogP contribution is 2.31. The summed E-state index contributed by atoms with van der Waals surface area (Å²) >= 11 is 0. The molecule has 0 aliphatic rings. The Balaban J connectivity index is 5.40. The van der Waals surface area contributed by atoms with Crippen LogP contribution in [0.2, 0.25) is 0 Å². The van der Waals surface area contributed by atoms with Crippen molar-refractivity contribution in [2.75, 3.05) is 13.2 Å². The Kier molecular flexibility index (Phi) is 8.13. The molecule has 0 aliphatic carbocycles. The molecule has 0 radical (unpaired) electrons. The zero-order valence-corrected chi connectivity index (χ0v) is 11.7. The molecule has 4 nitrogen and oxygen atoms in total. The van der Waals surface area contributed by atoms with Gasteiger partial charge in [-0.05, 0) is 27.2 Å². The van der Waals surface area contributed by atoms with Gasteiger partial charge in [-0.1, -0.05) is 0 Å². The third-order valence-corrected chi connectivity index (χ3v) is 2.60. The summed E-state index contributed by atoms with van der Waals surface area (Å²) in [4.78, 5) is 24.3. The van der Waals surface area contributed by atoms with Gasteiger partial charge in [-0.15, -0.1) is 24.2 Å². The third kappa shape index (κ3) is 4.67. The first kappa shape index (κ1) is 17.1. The van der Waals surface area contributed by atoms with Crippen molar-refractivity contribution in [3.63, 3.8) is 0 Å². The molecular weight excluding hydrogens is 244 g/mol. The summed E-state index contributed by atoms with van der Waals surface area (Å²) in [7, 11) is 0. The summed E-state index contributed by atoms with van der Waals surface area (Å²) in [6.07, 6.45) is 5.74. The second kappa shape index (κ2) is 9.05. The van der Waals surface area contributed by atoms with Crippen LogP contribution in [0, 0.1) is 29.6 Å². The molecule has 0 heterocycles. The number of esters is 2. The van der Waals surface area contributed by atoms with Crippen LogP contribution in [0.15, 0.2) is 0 Å². The van der Waals surface area contributed by atoms with E-state index in [1.54, 1.807) is 20.8 Å². The number of ether oxygens (including phenoxy) is 2. The van der Waals surface area contributed by atoms with Gasteiger partial charge in [0.15, 0.2) is 5.41 Å². The largest absolute Gasteiger partial charge is 0.465 e. The zero-order valence-electron chi connectivity index (χ0n) is 11.7. The predicted octanol–water partition coefficient (Wildman–Crippen LogP) is 1.93. The van der Waals surface area contributed by atoms with E-state index in [0.29, 0.717) is 0 Å². The van der Waals surface area contributed by atoms with E-state index >= 15 is 0 Å². The zero-order chi connectivity index (χ0) is 14.7. The summed E-state index contributed by atoms with van der Waals surface area (Å²) in [5, 5.41) is 0. The SMILES string of the molecule is C#CCCC(CC#CC)(C(=O)OCC)C(=O)OCC. The van der Waals surface area contributed by atoms with Crippen molar-refractivity contribution in [3.8, 4) is 24.2 Å². The number of carbonyl (C=O) groups excluding carboxylic acids is 2. The maximum atomic E-state index is 12.1.